The Labute approximate surface area is 362 Å². The standard InChI is InChI=1S/C48H41N5O2.2Pd/c1-30(2)18-34-22-36(44-20-32(5)12-16-49-44)26-40(24-34)54-38-8-10-42-43-11-9-39(29-47(43)53(46(42)28-38)48-51-14-7-15-52-48)55-41-25-35(19-31(3)4)23-37(27-41)45-21-33(6)13-17-50-45;;/h7-17,20-25,30-31H,18-19H2,1-6H3;;/q-4;2*+2. The van der Waals surface area contributed by atoms with Crippen LogP contribution in [-0.2, 0) is 53.7 Å². The zero-order valence-corrected chi connectivity index (χ0v) is 35.7. The molecule has 0 aliphatic carbocycles. The molecule has 0 saturated carbocycles. The van der Waals surface area contributed by atoms with Gasteiger partial charge in [-0.25, -0.2) is 9.97 Å². The third-order valence-electron chi connectivity index (χ3n) is 9.20. The van der Waals surface area contributed by atoms with Crippen LogP contribution < -0.4 is 9.47 Å². The quantitative estimate of drug-likeness (QED) is 0.0950. The molecule has 7 nitrogen and oxygen atoms in total. The second-order valence-electron chi connectivity index (χ2n) is 14.9. The first kappa shape index (κ1) is 41.6. The largest absolute Gasteiger partial charge is 2.00 e. The molecule has 290 valence electrons. The van der Waals surface area contributed by atoms with Crippen molar-refractivity contribution in [3.8, 4) is 51.5 Å². The molecule has 0 spiro atoms. The van der Waals surface area contributed by atoms with Gasteiger partial charge in [-0.15, -0.1) is 58.7 Å². The van der Waals surface area contributed by atoms with Crippen molar-refractivity contribution >= 4 is 21.8 Å². The first-order valence-corrected chi connectivity index (χ1v) is 18.7. The van der Waals surface area contributed by atoms with E-state index in [2.05, 4.69) is 122 Å². The van der Waals surface area contributed by atoms with Crippen LogP contribution in [0.25, 0.3) is 50.3 Å². The summed E-state index contributed by atoms with van der Waals surface area (Å²) in [6, 6.07) is 40.3. The minimum atomic E-state index is 0. The third kappa shape index (κ3) is 9.58. The van der Waals surface area contributed by atoms with Crippen molar-refractivity contribution in [2.75, 3.05) is 0 Å². The van der Waals surface area contributed by atoms with Gasteiger partial charge in [-0.3, -0.25) is 0 Å². The van der Waals surface area contributed by atoms with Crippen LogP contribution in [0.15, 0.2) is 104 Å². The van der Waals surface area contributed by atoms with Crippen molar-refractivity contribution in [1.29, 1.82) is 0 Å². The molecule has 0 N–H and O–H groups in total. The Kier molecular flexibility index (Phi) is 13.2. The normalized spacial score (nSPS) is 11.2. The van der Waals surface area contributed by atoms with Crippen molar-refractivity contribution in [2.45, 2.75) is 54.4 Å². The van der Waals surface area contributed by atoms with Gasteiger partial charge in [0.2, 0.25) is 5.95 Å². The number of aromatic nitrogens is 5. The number of benzene rings is 4. The number of rotatable bonds is 11. The summed E-state index contributed by atoms with van der Waals surface area (Å²) in [7, 11) is 0. The Morgan fingerprint density at radius 1 is 0.526 bits per heavy atom. The van der Waals surface area contributed by atoms with Crippen LogP contribution in [0.4, 0.5) is 0 Å². The molecule has 4 aromatic carbocycles. The van der Waals surface area contributed by atoms with Gasteiger partial charge in [-0.05, 0) is 68.1 Å². The van der Waals surface area contributed by atoms with E-state index in [0.29, 0.717) is 40.8 Å². The maximum absolute atomic E-state index is 6.55. The van der Waals surface area contributed by atoms with Gasteiger partial charge in [0, 0.05) is 47.8 Å². The molecule has 0 aliphatic rings. The van der Waals surface area contributed by atoms with Crippen molar-refractivity contribution in [3.05, 3.63) is 150 Å². The predicted molar refractivity (Wildman–Crippen MR) is 218 cm³/mol. The van der Waals surface area contributed by atoms with E-state index in [4.69, 9.17) is 9.47 Å². The number of aryl methyl sites for hydroxylation is 2. The summed E-state index contributed by atoms with van der Waals surface area (Å²) in [5.74, 6) is 3.71. The molecular formula is C48H41N5O2Pd2. The molecule has 0 radical (unpaired) electrons. The summed E-state index contributed by atoms with van der Waals surface area (Å²) in [5.41, 5.74) is 9.59. The Hall–Kier alpha value is -5.02. The summed E-state index contributed by atoms with van der Waals surface area (Å²) < 4.78 is 15.0. The second kappa shape index (κ2) is 18.1. The van der Waals surface area contributed by atoms with Gasteiger partial charge in [0.15, 0.2) is 0 Å². The molecule has 8 rings (SSSR count). The fourth-order valence-corrected chi connectivity index (χ4v) is 6.92. The van der Waals surface area contributed by atoms with Crippen LogP contribution in [0.1, 0.15) is 49.9 Å². The van der Waals surface area contributed by atoms with E-state index in [1.165, 1.54) is 0 Å². The van der Waals surface area contributed by atoms with Crippen LogP contribution in [0.2, 0.25) is 0 Å². The van der Waals surface area contributed by atoms with Gasteiger partial charge in [0.05, 0.1) is 0 Å². The number of fused-ring (bicyclic) bond motifs is 3. The van der Waals surface area contributed by atoms with Crippen LogP contribution in [-0.4, -0.2) is 24.5 Å². The zero-order valence-electron chi connectivity index (χ0n) is 32.6. The maximum atomic E-state index is 6.55. The molecule has 0 fully saturated rings. The number of nitrogens with zero attached hydrogens (tertiary/aromatic N) is 5. The van der Waals surface area contributed by atoms with Gasteiger partial charge in [0.1, 0.15) is 0 Å². The Morgan fingerprint density at radius 3 is 1.40 bits per heavy atom. The summed E-state index contributed by atoms with van der Waals surface area (Å²) in [4.78, 5) is 18.5. The average molecular weight is 933 g/mol. The molecule has 57 heavy (non-hydrogen) atoms. The van der Waals surface area contributed by atoms with Crippen LogP contribution in [0.3, 0.4) is 0 Å². The van der Waals surface area contributed by atoms with E-state index in [1.807, 2.05) is 53.4 Å². The molecular weight excluding hydrogens is 891 g/mol. The molecule has 4 aromatic heterocycles. The van der Waals surface area contributed by atoms with E-state index < -0.39 is 0 Å². The van der Waals surface area contributed by atoms with E-state index in [1.54, 1.807) is 18.5 Å². The number of ether oxygens (including phenoxy) is 2. The Balaban J connectivity index is 0.00000275. The fourth-order valence-electron chi connectivity index (χ4n) is 6.92. The molecule has 0 atom stereocenters. The van der Waals surface area contributed by atoms with E-state index >= 15 is 0 Å². The second-order valence-corrected chi connectivity index (χ2v) is 14.9. The van der Waals surface area contributed by atoms with Crippen molar-refractivity contribution in [1.82, 2.24) is 24.5 Å². The van der Waals surface area contributed by atoms with Crippen LogP contribution in [0, 0.1) is 49.9 Å². The molecule has 8 aromatic rings. The topological polar surface area (TPSA) is 75.0 Å². The van der Waals surface area contributed by atoms with Gasteiger partial charge in [-0.1, -0.05) is 86.3 Å². The molecule has 0 bridgehead atoms. The van der Waals surface area contributed by atoms with E-state index in [-0.39, 0.29) is 40.8 Å². The maximum Gasteiger partial charge on any atom is 2.00 e. The molecule has 4 heterocycles. The summed E-state index contributed by atoms with van der Waals surface area (Å²) in [5, 5.41) is 1.91. The van der Waals surface area contributed by atoms with Gasteiger partial charge >= 0.3 is 40.8 Å². The average Bonchev–Trinajstić information content (AvgIpc) is 3.47. The predicted octanol–water partition coefficient (Wildman–Crippen LogP) is 11.5. The number of hydrogen-bond donors (Lipinski definition) is 0. The fraction of sp³-hybridized carbons (Fsp3) is 0.208. The van der Waals surface area contributed by atoms with Gasteiger partial charge < -0.3 is 24.0 Å². The number of hydrogen-bond acceptors (Lipinski definition) is 6. The first-order valence-electron chi connectivity index (χ1n) is 18.7. The Bertz CT molecular complexity index is 2500. The molecule has 0 aliphatic heterocycles. The molecule has 0 saturated heterocycles. The van der Waals surface area contributed by atoms with Crippen LogP contribution >= 0.6 is 0 Å². The number of pyridine rings is 2. The van der Waals surface area contributed by atoms with E-state index in [0.717, 1.165) is 79.4 Å². The first-order chi connectivity index (χ1) is 26.6. The third-order valence-corrected chi connectivity index (χ3v) is 9.20. The molecule has 0 amide bonds. The summed E-state index contributed by atoms with van der Waals surface area (Å²) >= 11 is 0. The van der Waals surface area contributed by atoms with Gasteiger partial charge in [0.25, 0.3) is 0 Å². The minimum absolute atomic E-state index is 0. The van der Waals surface area contributed by atoms with Crippen LogP contribution in [0.5, 0.6) is 23.0 Å². The van der Waals surface area contributed by atoms with E-state index in [9.17, 15) is 0 Å². The molecule has 0 unspecified atom stereocenters. The van der Waals surface area contributed by atoms with Crippen molar-refractivity contribution < 1.29 is 50.3 Å². The zero-order chi connectivity index (χ0) is 38.1. The SMILES string of the molecule is Cc1ccnc(-c2[c-]c(Oc3[c-]c4c(cc3)c3ccc(Oc5[c-]c(-c6cc(C)ccn6)cc(CC(C)C)c5)[c-]c3n4-c3ncccn3)cc(CC(C)C)c2)c1.[Pd+2].[Pd+2]. The minimum Gasteiger partial charge on any atom is -0.503 e. The summed E-state index contributed by atoms with van der Waals surface area (Å²) in [6.07, 6.45) is 8.92. The van der Waals surface area contributed by atoms with Crippen molar-refractivity contribution in [3.63, 3.8) is 0 Å². The Morgan fingerprint density at radius 2 is 0.982 bits per heavy atom. The van der Waals surface area contributed by atoms with Crippen molar-refractivity contribution in [2.24, 2.45) is 11.8 Å². The smallest absolute Gasteiger partial charge is 0.503 e. The van der Waals surface area contributed by atoms with Gasteiger partial charge in [-0.2, -0.15) is 22.9 Å². The monoisotopic (exact) mass is 931 g/mol. The molecule has 9 heteroatoms. The summed E-state index contributed by atoms with van der Waals surface area (Å²) in [6.45, 7) is 13.0.